The number of aromatic nitrogens is 3. The Morgan fingerprint density at radius 3 is 2.63 bits per heavy atom. The fourth-order valence-corrected chi connectivity index (χ4v) is 4.69. The van der Waals surface area contributed by atoms with Gasteiger partial charge in [0, 0.05) is 43.1 Å². The number of hydrogen-bond acceptors (Lipinski definition) is 3. The third-order valence-corrected chi connectivity index (χ3v) is 6.11. The average Bonchev–Trinajstić information content (AvgIpc) is 3.20. The van der Waals surface area contributed by atoms with Crippen molar-refractivity contribution in [3.63, 3.8) is 0 Å². The van der Waals surface area contributed by atoms with Gasteiger partial charge < -0.3 is 14.8 Å². The van der Waals surface area contributed by atoms with Crippen molar-refractivity contribution in [2.45, 2.75) is 46.3 Å². The van der Waals surface area contributed by atoms with Gasteiger partial charge in [0.1, 0.15) is 0 Å². The Labute approximate surface area is 184 Å². The van der Waals surface area contributed by atoms with E-state index in [0.29, 0.717) is 5.92 Å². The van der Waals surface area contributed by atoms with Crippen LogP contribution < -0.4 is 5.32 Å². The van der Waals surface area contributed by atoms with Gasteiger partial charge >= 0.3 is 0 Å². The molecule has 1 saturated heterocycles. The molecule has 1 N–H and O–H groups in total. The second-order valence-corrected chi connectivity index (χ2v) is 8.83. The minimum atomic E-state index is 0.0322. The maximum Gasteiger partial charge on any atom is 0.170 e. The summed E-state index contributed by atoms with van der Waals surface area (Å²) in [5, 5.41) is 4.36. The van der Waals surface area contributed by atoms with Gasteiger partial charge in [0.2, 0.25) is 0 Å². The maximum absolute atomic E-state index is 5.77. The van der Waals surface area contributed by atoms with Gasteiger partial charge in [0.25, 0.3) is 0 Å². The van der Waals surface area contributed by atoms with E-state index in [1.807, 2.05) is 36.8 Å². The predicted molar refractivity (Wildman–Crippen MR) is 124 cm³/mol. The minimum Gasteiger partial charge on any atom is -0.352 e. The molecular formula is C24H29N5S. The van der Waals surface area contributed by atoms with E-state index >= 15 is 0 Å². The topological polar surface area (TPSA) is 46.0 Å². The lowest BCUT2D eigenvalue weighted by atomic mass is 9.96. The smallest absolute Gasteiger partial charge is 0.170 e. The zero-order valence-electron chi connectivity index (χ0n) is 18.0. The van der Waals surface area contributed by atoms with Crippen molar-refractivity contribution in [3.8, 4) is 0 Å². The van der Waals surface area contributed by atoms with E-state index in [1.54, 1.807) is 0 Å². The standard InChI is InChI=1S/C24H29N5S/c1-16(2)14-29-23(22(27-24(29)30)21-9-5-6-11-26-21)20-12-17(3)28(18(20)4)15-19-8-7-10-25-13-19/h5-13,16,22-23H,14-15H2,1-4H3,(H,27,30)/t22-,23-/m1/s1. The zero-order chi connectivity index (χ0) is 21.3. The molecule has 0 saturated carbocycles. The summed E-state index contributed by atoms with van der Waals surface area (Å²) in [6, 6.07) is 12.7. The van der Waals surface area contributed by atoms with Crippen LogP contribution in [0, 0.1) is 19.8 Å². The van der Waals surface area contributed by atoms with Gasteiger partial charge in [-0.3, -0.25) is 9.97 Å². The molecule has 3 aromatic heterocycles. The number of pyridine rings is 2. The van der Waals surface area contributed by atoms with Crippen molar-refractivity contribution in [3.05, 3.63) is 83.2 Å². The van der Waals surface area contributed by atoms with Gasteiger partial charge in [-0.05, 0) is 67.4 Å². The lowest BCUT2D eigenvalue weighted by Gasteiger charge is -2.29. The van der Waals surface area contributed by atoms with Gasteiger partial charge in [0.05, 0.1) is 17.8 Å². The fraction of sp³-hybridized carbons (Fsp3) is 0.375. The molecule has 4 heterocycles. The number of hydrogen-bond donors (Lipinski definition) is 1. The Balaban J connectivity index is 1.76. The van der Waals surface area contributed by atoms with Crippen LogP contribution in [-0.4, -0.2) is 31.1 Å². The molecule has 5 nitrogen and oxygen atoms in total. The number of nitrogens with one attached hydrogen (secondary N) is 1. The van der Waals surface area contributed by atoms with Crippen LogP contribution >= 0.6 is 12.2 Å². The first-order chi connectivity index (χ1) is 14.5. The van der Waals surface area contributed by atoms with Gasteiger partial charge in [-0.1, -0.05) is 26.0 Å². The van der Waals surface area contributed by atoms with Gasteiger partial charge in [-0.2, -0.15) is 0 Å². The Morgan fingerprint density at radius 2 is 1.97 bits per heavy atom. The number of nitrogens with zero attached hydrogens (tertiary/aromatic N) is 4. The molecule has 2 atom stereocenters. The molecule has 4 rings (SSSR count). The van der Waals surface area contributed by atoms with Crippen molar-refractivity contribution >= 4 is 17.3 Å². The second kappa shape index (κ2) is 8.56. The molecule has 156 valence electrons. The molecule has 0 spiro atoms. The highest BCUT2D eigenvalue weighted by Gasteiger charge is 2.41. The van der Waals surface area contributed by atoms with Gasteiger partial charge in [-0.25, -0.2) is 0 Å². The van der Waals surface area contributed by atoms with Crippen molar-refractivity contribution in [1.29, 1.82) is 0 Å². The minimum absolute atomic E-state index is 0.0322. The second-order valence-electron chi connectivity index (χ2n) is 8.45. The van der Waals surface area contributed by atoms with E-state index in [0.717, 1.165) is 23.9 Å². The van der Waals surface area contributed by atoms with E-state index < -0.39 is 0 Å². The van der Waals surface area contributed by atoms with E-state index in [2.05, 4.69) is 70.6 Å². The summed E-state index contributed by atoms with van der Waals surface area (Å²) in [4.78, 5) is 11.3. The van der Waals surface area contributed by atoms with Gasteiger partial charge in [-0.15, -0.1) is 0 Å². The molecule has 0 radical (unpaired) electrons. The summed E-state index contributed by atoms with van der Waals surface area (Å²) in [5.74, 6) is 0.508. The lowest BCUT2D eigenvalue weighted by Crippen LogP contribution is -2.33. The normalized spacial score (nSPS) is 18.8. The molecule has 0 unspecified atom stereocenters. The summed E-state index contributed by atoms with van der Waals surface area (Å²) in [6.45, 7) is 10.6. The molecule has 1 fully saturated rings. The van der Waals surface area contributed by atoms with E-state index in [4.69, 9.17) is 12.2 Å². The summed E-state index contributed by atoms with van der Waals surface area (Å²) in [5.41, 5.74) is 6.04. The Morgan fingerprint density at radius 1 is 1.13 bits per heavy atom. The highest BCUT2D eigenvalue weighted by molar-refractivity contribution is 7.80. The molecular weight excluding hydrogens is 390 g/mol. The number of aryl methyl sites for hydroxylation is 1. The molecule has 1 aliphatic rings. The van der Waals surface area contributed by atoms with Crippen LogP contribution in [0.1, 0.15) is 54.1 Å². The van der Waals surface area contributed by atoms with Crippen molar-refractivity contribution in [2.75, 3.05) is 6.54 Å². The highest BCUT2D eigenvalue weighted by Crippen LogP contribution is 2.41. The molecule has 30 heavy (non-hydrogen) atoms. The van der Waals surface area contributed by atoms with E-state index in [9.17, 15) is 0 Å². The molecule has 0 amide bonds. The maximum atomic E-state index is 5.77. The fourth-order valence-electron chi connectivity index (χ4n) is 4.38. The monoisotopic (exact) mass is 419 g/mol. The summed E-state index contributed by atoms with van der Waals surface area (Å²) in [6.07, 6.45) is 5.61. The molecule has 0 aliphatic carbocycles. The first-order valence-corrected chi connectivity index (χ1v) is 10.9. The van der Waals surface area contributed by atoms with Crippen LogP contribution in [0.15, 0.2) is 55.0 Å². The van der Waals surface area contributed by atoms with Crippen LogP contribution in [-0.2, 0) is 6.54 Å². The van der Waals surface area contributed by atoms with Gasteiger partial charge in [0.15, 0.2) is 5.11 Å². The van der Waals surface area contributed by atoms with E-state index in [-0.39, 0.29) is 12.1 Å². The molecule has 0 aromatic carbocycles. The third kappa shape index (κ3) is 3.97. The van der Waals surface area contributed by atoms with E-state index in [1.165, 1.54) is 22.5 Å². The SMILES string of the molecule is Cc1cc([C@@H]2[C@@H](c3ccccn3)NC(=S)N2CC(C)C)c(C)n1Cc1cccnc1. The molecule has 6 heteroatoms. The first kappa shape index (κ1) is 20.5. The average molecular weight is 420 g/mol. The van der Waals surface area contributed by atoms with Crippen LogP contribution in [0.2, 0.25) is 0 Å². The van der Waals surface area contributed by atoms with Crippen LogP contribution in [0.5, 0.6) is 0 Å². The van der Waals surface area contributed by atoms with Crippen molar-refractivity contribution in [1.82, 2.24) is 24.8 Å². The quantitative estimate of drug-likeness (QED) is 0.593. The highest BCUT2D eigenvalue weighted by atomic mass is 32.1. The molecule has 3 aromatic rings. The Bertz CT molecular complexity index is 1010. The molecule has 1 aliphatic heterocycles. The van der Waals surface area contributed by atoms with Crippen molar-refractivity contribution in [2.24, 2.45) is 5.92 Å². The lowest BCUT2D eigenvalue weighted by molar-refractivity contribution is 0.286. The third-order valence-electron chi connectivity index (χ3n) is 5.75. The number of thiocarbonyl (C=S) groups is 1. The van der Waals surface area contributed by atoms with Crippen molar-refractivity contribution < 1.29 is 0 Å². The molecule has 0 bridgehead atoms. The largest absolute Gasteiger partial charge is 0.352 e. The van der Waals surface area contributed by atoms with Crippen LogP contribution in [0.25, 0.3) is 0 Å². The first-order valence-electron chi connectivity index (χ1n) is 10.5. The Hall–Kier alpha value is -2.73. The summed E-state index contributed by atoms with van der Waals surface area (Å²) in [7, 11) is 0. The summed E-state index contributed by atoms with van der Waals surface area (Å²) >= 11 is 5.77. The zero-order valence-corrected chi connectivity index (χ0v) is 18.9. The number of rotatable bonds is 6. The van der Waals surface area contributed by atoms with Crippen LogP contribution in [0.4, 0.5) is 0 Å². The van der Waals surface area contributed by atoms with Crippen LogP contribution in [0.3, 0.4) is 0 Å². The summed E-state index contributed by atoms with van der Waals surface area (Å²) < 4.78 is 2.37. The predicted octanol–water partition coefficient (Wildman–Crippen LogP) is 4.57. The Kier molecular flexibility index (Phi) is 5.86.